The molecule has 4 saturated carbocycles. The molecule has 5 aromatic rings. The van der Waals surface area contributed by atoms with Gasteiger partial charge in [0.15, 0.2) is 16.8 Å². The molecular formula is C48H60N10O2S. The van der Waals surface area contributed by atoms with Crippen LogP contribution in [0.15, 0.2) is 42.6 Å². The Morgan fingerprint density at radius 2 is 1.61 bits per heavy atom. The van der Waals surface area contributed by atoms with Crippen molar-refractivity contribution in [2.45, 2.75) is 117 Å². The molecule has 3 aliphatic heterocycles. The monoisotopic (exact) mass is 840 g/mol. The molecule has 320 valence electrons. The van der Waals surface area contributed by atoms with Crippen molar-refractivity contribution in [2.75, 3.05) is 56.1 Å². The number of nitrogens with zero attached hydrogens (tertiary/aromatic N) is 9. The van der Waals surface area contributed by atoms with Gasteiger partial charge in [-0.25, -0.2) is 9.97 Å². The van der Waals surface area contributed by atoms with Crippen LogP contribution in [0, 0.1) is 30.1 Å². The van der Waals surface area contributed by atoms with E-state index in [-0.39, 0.29) is 27.8 Å². The van der Waals surface area contributed by atoms with Gasteiger partial charge in [-0.05, 0) is 144 Å². The highest BCUT2D eigenvalue weighted by Gasteiger charge is 2.66. The number of para-hydroxylation sites is 1. The number of nitrogens with one attached hydrogen (secondary N) is 1. The SMILES string of the molecule is Cc1c(Nc2nc3ccccc3s2)nnc2c1CCCN2c1ccc(-c2cnn(CC34CC5(C)CC(C)(C3)CC(OCCN3CCCC3)(C5)C4)c2C)c(C(=O)N2CCCC2)n1. The van der Waals surface area contributed by atoms with E-state index < -0.39 is 0 Å². The summed E-state index contributed by atoms with van der Waals surface area (Å²) >= 11 is 1.61. The van der Waals surface area contributed by atoms with E-state index in [4.69, 9.17) is 30.0 Å². The summed E-state index contributed by atoms with van der Waals surface area (Å²) in [6.07, 6.45) is 15.7. The van der Waals surface area contributed by atoms with Crippen molar-refractivity contribution in [2.24, 2.45) is 16.2 Å². The average Bonchev–Trinajstić information content (AvgIpc) is 4.06. The summed E-state index contributed by atoms with van der Waals surface area (Å²) in [6, 6.07) is 12.3. The first-order valence-corrected chi connectivity index (χ1v) is 23.8. The second kappa shape index (κ2) is 14.8. The number of benzene rings is 1. The lowest BCUT2D eigenvalue weighted by Crippen LogP contribution is -2.64. The lowest BCUT2D eigenvalue weighted by molar-refractivity contribution is -0.248. The third kappa shape index (κ3) is 7.12. The Morgan fingerprint density at radius 1 is 0.836 bits per heavy atom. The molecule has 0 spiro atoms. The van der Waals surface area contributed by atoms with Gasteiger partial charge in [0.05, 0.1) is 28.6 Å². The summed E-state index contributed by atoms with van der Waals surface area (Å²) in [5, 5.41) is 18.9. The van der Waals surface area contributed by atoms with Crippen molar-refractivity contribution < 1.29 is 9.53 Å². The number of carbonyl (C=O) groups is 1. The van der Waals surface area contributed by atoms with Crippen molar-refractivity contribution in [3.8, 4) is 11.1 Å². The van der Waals surface area contributed by atoms with E-state index in [1.807, 2.05) is 29.3 Å². The molecule has 4 aliphatic carbocycles. The molecule has 7 aliphatic rings. The van der Waals surface area contributed by atoms with E-state index in [1.165, 1.54) is 58.0 Å². The summed E-state index contributed by atoms with van der Waals surface area (Å²) in [5.74, 6) is 2.24. The molecule has 12 nitrogen and oxygen atoms in total. The van der Waals surface area contributed by atoms with Crippen molar-refractivity contribution in [1.29, 1.82) is 0 Å². The summed E-state index contributed by atoms with van der Waals surface area (Å²) < 4.78 is 10.5. The lowest BCUT2D eigenvalue weighted by atomic mass is 9.39. The van der Waals surface area contributed by atoms with Gasteiger partial charge in [-0.15, -0.1) is 10.2 Å². The number of pyridine rings is 1. The first kappa shape index (κ1) is 39.4. The smallest absolute Gasteiger partial charge is 0.273 e. The fraction of sp³-hybridized carbons (Fsp3) is 0.583. The van der Waals surface area contributed by atoms with Crippen LogP contribution in [-0.4, -0.2) is 97.1 Å². The van der Waals surface area contributed by atoms with E-state index in [9.17, 15) is 4.79 Å². The number of thiazole rings is 1. The highest BCUT2D eigenvalue weighted by Crippen LogP contribution is 2.72. The zero-order valence-electron chi connectivity index (χ0n) is 36.4. The number of fused-ring (bicyclic) bond motifs is 2. The molecule has 2 unspecified atom stereocenters. The molecule has 4 aromatic heterocycles. The van der Waals surface area contributed by atoms with Crippen LogP contribution in [0.4, 0.5) is 22.6 Å². The second-order valence-electron chi connectivity index (χ2n) is 20.5. The van der Waals surface area contributed by atoms with Gasteiger partial charge in [0, 0.05) is 60.7 Å². The molecule has 61 heavy (non-hydrogen) atoms. The Morgan fingerprint density at radius 3 is 2.39 bits per heavy atom. The van der Waals surface area contributed by atoms with Crippen LogP contribution < -0.4 is 10.2 Å². The van der Waals surface area contributed by atoms with Gasteiger partial charge >= 0.3 is 0 Å². The third-order valence-electron chi connectivity index (χ3n) is 15.2. The summed E-state index contributed by atoms with van der Waals surface area (Å²) in [5.41, 5.74) is 7.23. The van der Waals surface area contributed by atoms with Crippen molar-refractivity contribution >= 4 is 50.0 Å². The lowest BCUT2D eigenvalue weighted by Gasteiger charge is -2.69. The van der Waals surface area contributed by atoms with Crippen LogP contribution >= 0.6 is 11.3 Å². The minimum Gasteiger partial charge on any atom is -0.374 e. The van der Waals surface area contributed by atoms with Crippen molar-refractivity contribution in [1.82, 2.24) is 39.7 Å². The Balaban J connectivity index is 0.888. The predicted molar refractivity (Wildman–Crippen MR) is 241 cm³/mol. The summed E-state index contributed by atoms with van der Waals surface area (Å²) in [6.45, 7) is 16.8. The van der Waals surface area contributed by atoms with Crippen LogP contribution in [0.25, 0.3) is 21.3 Å². The Kier molecular flexibility index (Phi) is 9.58. The zero-order chi connectivity index (χ0) is 41.6. The molecule has 1 amide bonds. The largest absolute Gasteiger partial charge is 0.374 e. The quantitative estimate of drug-likeness (QED) is 0.138. The number of ether oxygens (including phenoxy) is 1. The number of hydrogen-bond acceptors (Lipinski definition) is 11. The van der Waals surface area contributed by atoms with Crippen LogP contribution in [0.3, 0.4) is 0 Å². The van der Waals surface area contributed by atoms with Crippen LogP contribution in [0.1, 0.15) is 112 Å². The third-order valence-corrected chi connectivity index (χ3v) is 16.2. The zero-order valence-corrected chi connectivity index (χ0v) is 37.2. The maximum atomic E-state index is 14.5. The normalized spacial score (nSPS) is 28.3. The molecule has 0 radical (unpaired) electrons. The van der Waals surface area contributed by atoms with Crippen LogP contribution in [-0.2, 0) is 17.7 Å². The molecule has 12 rings (SSSR count). The maximum absolute atomic E-state index is 14.5. The van der Waals surface area contributed by atoms with Gasteiger partial charge in [0.2, 0.25) is 0 Å². The standard InChI is InChI=1S/C48H60N10O2S/c1-32-34-12-11-21-57(42(34)54-53-41(32)52-44-50-37-13-5-6-14-38(37)61-44)39-16-15-35(40(51-39)43(59)56-19-9-10-20-56)36-24-49-58(33(36)2)31-47-26-45(3)25-46(4,27-47)29-48(28-45,30-47)60-23-22-55-17-7-8-18-55/h5-6,13-16,24H,7-12,17-23,25-31H2,1-4H3,(H,50,52,53). The van der Waals surface area contributed by atoms with Crippen LogP contribution in [0.2, 0.25) is 0 Å². The first-order valence-electron chi connectivity index (χ1n) is 22.9. The molecule has 4 bridgehead atoms. The molecule has 2 atom stereocenters. The molecule has 13 heteroatoms. The van der Waals surface area contributed by atoms with E-state index >= 15 is 0 Å². The highest BCUT2D eigenvalue weighted by molar-refractivity contribution is 7.22. The number of aromatic nitrogens is 6. The Labute approximate surface area is 363 Å². The van der Waals surface area contributed by atoms with Crippen LogP contribution in [0.5, 0.6) is 0 Å². The van der Waals surface area contributed by atoms with E-state index in [0.717, 1.165) is 132 Å². The molecule has 1 N–H and O–H groups in total. The fourth-order valence-electron chi connectivity index (χ4n) is 13.7. The first-order chi connectivity index (χ1) is 29.5. The van der Waals surface area contributed by atoms with Gasteiger partial charge in [-0.2, -0.15) is 5.10 Å². The molecule has 1 aromatic carbocycles. The van der Waals surface area contributed by atoms with Gasteiger partial charge in [-0.1, -0.05) is 37.3 Å². The van der Waals surface area contributed by atoms with Crippen molar-refractivity contribution in [3.63, 3.8) is 0 Å². The molecule has 7 heterocycles. The van der Waals surface area contributed by atoms with E-state index in [0.29, 0.717) is 5.69 Å². The fourth-order valence-corrected chi connectivity index (χ4v) is 14.6. The number of anilines is 4. The second-order valence-corrected chi connectivity index (χ2v) is 21.5. The minimum absolute atomic E-state index is 0.00802. The van der Waals surface area contributed by atoms with E-state index in [2.05, 4.69) is 65.7 Å². The highest BCUT2D eigenvalue weighted by atomic mass is 32.1. The number of rotatable bonds is 11. The molecular weight excluding hydrogens is 781 g/mol. The number of carbonyl (C=O) groups excluding carboxylic acids is 1. The average molecular weight is 841 g/mol. The van der Waals surface area contributed by atoms with Gasteiger partial charge < -0.3 is 24.8 Å². The number of amides is 1. The molecule has 6 fully saturated rings. The molecule has 2 saturated heterocycles. The number of likely N-dealkylation sites (tertiary alicyclic amines) is 2. The minimum atomic E-state index is -0.0542. The topological polar surface area (TPSA) is 117 Å². The summed E-state index contributed by atoms with van der Waals surface area (Å²) in [7, 11) is 0. The Hall–Kier alpha value is -4.46. The van der Waals surface area contributed by atoms with Gasteiger partial charge in [0.25, 0.3) is 5.91 Å². The van der Waals surface area contributed by atoms with Gasteiger partial charge in [0.1, 0.15) is 11.5 Å². The summed E-state index contributed by atoms with van der Waals surface area (Å²) in [4.78, 5) is 31.3. The van der Waals surface area contributed by atoms with E-state index in [1.54, 1.807) is 11.3 Å². The predicted octanol–water partition coefficient (Wildman–Crippen LogP) is 9.26. The number of hydrogen-bond donors (Lipinski definition) is 1. The maximum Gasteiger partial charge on any atom is 0.273 e. The Bertz CT molecular complexity index is 2450. The van der Waals surface area contributed by atoms with Crippen molar-refractivity contribution in [3.05, 3.63) is 65.1 Å². The van der Waals surface area contributed by atoms with Gasteiger partial charge in [-0.3, -0.25) is 9.48 Å².